The summed E-state index contributed by atoms with van der Waals surface area (Å²) in [6, 6.07) is 3.97. The number of nitrogens with one attached hydrogen (secondary N) is 1. The molecule has 0 aliphatic carbocycles. The number of hydroxylamine groups is 1. The van der Waals surface area contributed by atoms with Crippen molar-refractivity contribution in [1.82, 2.24) is 9.78 Å². The molecular formula is C10H9BrFN5O. The largest absolute Gasteiger partial charge is 0.396 e. The van der Waals surface area contributed by atoms with Crippen LogP contribution in [0.1, 0.15) is 0 Å². The number of hydrogen-bond donors (Lipinski definition) is 3. The molecule has 0 unspecified atom stereocenters. The first-order chi connectivity index (χ1) is 8.49. The van der Waals surface area contributed by atoms with Crippen molar-refractivity contribution in [3.05, 3.63) is 40.9 Å². The number of nitrogens with zero attached hydrogens (tertiary/aromatic N) is 3. The van der Waals surface area contributed by atoms with Gasteiger partial charge in [-0.3, -0.25) is 10.6 Å². The number of hydrogen-bond acceptors (Lipinski definition) is 4. The van der Waals surface area contributed by atoms with Crippen LogP contribution in [0.2, 0.25) is 0 Å². The van der Waals surface area contributed by atoms with Crippen molar-refractivity contribution in [2.75, 3.05) is 10.8 Å². The molecule has 1 aromatic carbocycles. The third-order valence-electron chi connectivity index (χ3n) is 2.17. The Bertz CT molecular complexity index is 600. The highest BCUT2D eigenvalue weighted by Crippen LogP contribution is 2.21. The normalized spacial score (nSPS) is 10.4. The van der Waals surface area contributed by atoms with Crippen LogP contribution >= 0.6 is 15.9 Å². The molecule has 1 aromatic heterocycles. The first-order valence-corrected chi connectivity index (χ1v) is 5.61. The fraction of sp³-hybridized carbons (Fsp3) is 0. The Hall–Kier alpha value is -1.93. The lowest BCUT2D eigenvalue weighted by Crippen LogP contribution is -2.32. The van der Waals surface area contributed by atoms with E-state index in [2.05, 4.69) is 21.0 Å². The minimum absolute atomic E-state index is 0.106. The number of rotatable bonds is 1. The highest BCUT2D eigenvalue weighted by molar-refractivity contribution is 9.10. The SMILES string of the molecule is N=C(N(O)c1ccc(Br)c(F)c1)n1cc(N)cn1. The summed E-state index contributed by atoms with van der Waals surface area (Å²) in [5.74, 6) is -0.909. The van der Waals surface area contributed by atoms with E-state index < -0.39 is 5.82 Å². The predicted octanol–water partition coefficient (Wildman–Crippen LogP) is 2.05. The van der Waals surface area contributed by atoms with Gasteiger partial charge in [0.15, 0.2) is 0 Å². The van der Waals surface area contributed by atoms with Gasteiger partial charge in [0, 0.05) is 6.07 Å². The molecule has 2 aromatic rings. The minimum Gasteiger partial charge on any atom is -0.396 e. The number of anilines is 2. The van der Waals surface area contributed by atoms with Gasteiger partial charge >= 0.3 is 0 Å². The fourth-order valence-electron chi connectivity index (χ4n) is 1.29. The molecule has 94 valence electrons. The molecule has 0 saturated heterocycles. The molecule has 18 heavy (non-hydrogen) atoms. The summed E-state index contributed by atoms with van der Waals surface area (Å²) >= 11 is 3.00. The van der Waals surface area contributed by atoms with Crippen molar-refractivity contribution in [1.29, 1.82) is 5.41 Å². The Morgan fingerprint density at radius 1 is 1.56 bits per heavy atom. The Balaban J connectivity index is 2.28. The van der Waals surface area contributed by atoms with Crippen molar-refractivity contribution in [2.24, 2.45) is 0 Å². The van der Waals surface area contributed by atoms with Crippen LogP contribution in [0, 0.1) is 11.2 Å². The summed E-state index contributed by atoms with van der Waals surface area (Å²) in [7, 11) is 0. The second-order valence-electron chi connectivity index (χ2n) is 3.45. The van der Waals surface area contributed by atoms with Crippen molar-refractivity contribution in [2.45, 2.75) is 0 Å². The molecule has 0 fully saturated rings. The smallest absolute Gasteiger partial charge is 0.248 e. The maximum Gasteiger partial charge on any atom is 0.248 e. The standard InChI is InChI=1S/C10H9BrFN5O/c11-8-2-1-7(3-9(8)12)17(18)10(14)16-5-6(13)4-15-16/h1-5,14,18H,13H2. The molecule has 0 spiro atoms. The topological polar surface area (TPSA) is 91.2 Å². The highest BCUT2D eigenvalue weighted by Gasteiger charge is 2.14. The van der Waals surface area contributed by atoms with Crippen molar-refractivity contribution >= 4 is 33.3 Å². The van der Waals surface area contributed by atoms with E-state index in [4.69, 9.17) is 11.1 Å². The quantitative estimate of drug-likeness (QED) is 0.427. The van der Waals surface area contributed by atoms with Crippen LogP contribution in [-0.4, -0.2) is 20.9 Å². The Morgan fingerprint density at radius 3 is 2.83 bits per heavy atom. The summed E-state index contributed by atoms with van der Waals surface area (Å²) in [5, 5.41) is 21.8. The van der Waals surface area contributed by atoms with Gasteiger partial charge in [-0.2, -0.15) is 10.2 Å². The van der Waals surface area contributed by atoms with Gasteiger partial charge in [0.05, 0.1) is 28.2 Å². The third-order valence-corrected chi connectivity index (χ3v) is 2.81. The van der Waals surface area contributed by atoms with E-state index in [0.29, 0.717) is 10.8 Å². The zero-order valence-electron chi connectivity index (χ0n) is 9.01. The fourth-order valence-corrected chi connectivity index (χ4v) is 1.54. The molecule has 4 N–H and O–H groups in total. The van der Waals surface area contributed by atoms with E-state index in [1.54, 1.807) is 0 Å². The Labute approximate surface area is 110 Å². The van der Waals surface area contributed by atoms with Crippen LogP contribution in [0.3, 0.4) is 0 Å². The first kappa shape index (κ1) is 12.5. The number of nitrogen functional groups attached to an aromatic ring is 1. The molecule has 1 heterocycles. The van der Waals surface area contributed by atoms with Gasteiger partial charge in [0.25, 0.3) is 0 Å². The average molecular weight is 314 g/mol. The van der Waals surface area contributed by atoms with E-state index in [-0.39, 0.29) is 16.1 Å². The van der Waals surface area contributed by atoms with Crippen LogP contribution in [0.15, 0.2) is 35.1 Å². The van der Waals surface area contributed by atoms with Gasteiger partial charge in [-0.05, 0) is 28.1 Å². The van der Waals surface area contributed by atoms with Crippen LogP contribution in [0.5, 0.6) is 0 Å². The zero-order valence-corrected chi connectivity index (χ0v) is 10.6. The Morgan fingerprint density at radius 2 is 2.28 bits per heavy atom. The zero-order chi connectivity index (χ0) is 13.3. The van der Waals surface area contributed by atoms with Crippen molar-refractivity contribution < 1.29 is 9.60 Å². The minimum atomic E-state index is -0.542. The summed E-state index contributed by atoms with van der Waals surface area (Å²) in [6.45, 7) is 0. The van der Waals surface area contributed by atoms with E-state index in [0.717, 1.165) is 10.7 Å². The highest BCUT2D eigenvalue weighted by atomic mass is 79.9. The lowest BCUT2D eigenvalue weighted by atomic mass is 10.3. The molecule has 6 nitrogen and oxygen atoms in total. The summed E-state index contributed by atoms with van der Waals surface area (Å²) < 4.78 is 14.6. The molecule has 8 heteroatoms. The Kier molecular flexibility index (Phi) is 3.30. The summed E-state index contributed by atoms with van der Waals surface area (Å²) in [5.41, 5.74) is 5.92. The van der Waals surface area contributed by atoms with E-state index in [1.165, 1.54) is 24.5 Å². The lowest BCUT2D eigenvalue weighted by molar-refractivity contribution is 0.305. The maximum absolute atomic E-state index is 13.3. The molecule has 0 saturated carbocycles. The number of aromatic nitrogens is 2. The second-order valence-corrected chi connectivity index (χ2v) is 4.31. The van der Waals surface area contributed by atoms with Crippen molar-refractivity contribution in [3.63, 3.8) is 0 Å². The van der Waals surface area contributed by atoms with Gasteiger partial charge in [-0.1, -0.05) is 0 Å². The second kappa shape index (κ2) is 4.75. The summed E-state index contributed by atoms with van der Waals surface area (Å²) in [6.07, 6.45) is 2.70. The number of nitrogens with two attached hydrogens (primary N) is 1. The van der Waals surface area contributed by atoms with E-state index in [1.807, 2.05) is 0 Å². The first-order valence-electron chi connectivity index (χ1n) is 4.82. The van der Waals surface area contributed by atoms with Gasteiger partial charge in [0.2, 0.25) is 5.96 Å². The van der Waals surface area contributed by atoms with E-state index >= 15 is 0 Å². The van der Waals surface area contributed by atoms with Gasteiger partial charge < -0.3 is 5.73 Å². The van der Waals surface area contributed by atoms with Crippen LogP contribution in [0.25, 0.3) is 0 Å². The molecular weight excluding hydrogens is 305 g/mol. The molecule has 2 rings (SSSR count). The van der Waals surface area contributed by atoms with Gasteiger partial charge in [0.1, 0.15) is 5.82 Å². The molecule has 0 atom stereocenters. The number of benzene rings is 1. The number of halogens is 2. The van der Waals surface area contributed by atoms with E-state index in [9.17, 15) is 9.60 Å². The van der Waals surface area contributed by atoms with Gasteiger partial charge in [-0.15, -0.1) is 0 Å². The third kappa shape index (κ3) is 2.34. The molecule has 0 aliphatic heterocycles. The lowest BCUT2D eigenvalue weighted by Gasteiger charge is -2.17. The maximum atomic E-state index is 13.3. The summed E-state index contributed by atoms with van der Waals surface area (Å²) in [4.78, 5) is 0. The van der Waals surface area contributed by atoms with Gasteiger partial charge in [-0.25, -0.2) is 9.07 Å². The molecule has 0 amide bonds. The molecule has 0 radical (unpaired) electrons. The van der Waals surface area contributed by atoms with Crippen molar-refractivity contribution in [3.8, 4) is 0 Å². The predicted molar refractivity (Wildman–Crippen MR) is 68.1 cm³/mol. The average Bonchev–Trinajstić information content (AvgIpc) is 2.77. The molecule has 0 aliphatic rings. The van der Waals surface area contributed by atoms with Crippen LogP contribution in [0.4, 0.5) is 15.8 Å². The van der Waals surface area contributed by atoms with Crippen LogP contribution in [-0.2, 0) is 0 Å². The van der Waals surface area contributed by atoms with Crippen LogP contribution < -0.4 is 10.8 Å². The monoisotopic (exact) mass is 313 g/mol. The molecule has 0 bridgehead atoms.